The molecular formula is C16H23N7O. The van der Waals surface area contributed by atoms with Crippen LogP contribution in [0.1, 0.15) is 19.7 Å². The molecule has 2 heterocycles. The van der Waals surface area contributed by atoms with Crippen LogP contribution in [0.5, 0.6) is 0 Å². The van der Waals surface area contributed by atoms with Gasteiger partial charge in [-0.15, -0.1) is 5.10 Å². The molecule has 1 N–H and O–H groups in total. The lowest BCUT2D eigenvalue weighted by molar-refractivity contribution is 0.132. The number of rotatable bonds is 4. The first-order valence-electron chi connectivity index (χ1n) is 8.24. The van der Waals surface area contributed by atoms with Crippen molar-refractivity contribution in [3.05, 3.63) is 36.2 Å². The smallest absolute Gasteiger partial charge is 0.317 e. The zero-order valence-electron chi connectivity index (χ0n) is 14.1. The quantitative estimate of drug-likeness (QED) is 0.901. The van der Waals surface area contributed by atoms with Crippen molar-refractivity contribution in [2.75, 3.05) is 26.2 Å². The number of nitrogens with zero attached hydrogens (tertiary/aromatic N) is 6. The van der Waals surface area contributed by atoms with Crippen LogP contribution in [0, 0.1) is 0 Å². The van der Waals surface area contributed by atoms with Crippen LogP contribution in [-0.2, 0) is 6.54 Å². The van der Waals surface area contributed by atoms with Gasteiger partial charge in [0.2, 0.25) is 0 Å². The van der Waals surface area contributed by atoms with Crippen molar-refractivity contribution in [1.82, 2.24) is 35.3 Å². The Balaban J connectivity index is 1.58. The Morgan fingerprint density at radius 2 is 1.88 bits per heavy atom. The van der Waals surface area contributed by atoms with Crippen molar-refractivity contribution >= 4 is 6.03 Å². The lowest BCUT2D eigenvalue weighted by Crippen LogP contribution is -2.52. The summed E-state index contributed by atoms with van der Waals surface area (Å²) in [4.78, 5) is 16.2. The Morgan fingerprint density at radius 3 is 2.54 bits per heavy atom. The number of urea groups is 1. The number of para-hydroxylation sites is 1. The Kier molecular flexibility index (Phi) is 5.05. The molecular weight excluding hydrogens is 306 g/mol. The average molecular weight is 329 g/mol. The maximum Gasteiger partial charge on any atom is 0.317 e. The van der Waals surface area contributed by atoms with Crippen molar-refractivity contribution in [1.29, 1.82) is 0 Å². The average Bonchev–Trinajstić information content (AvgIpc) is 3.04. The summed E-state index contributed by atoms with van der Waals surface area (Å²) in [6, 6.07) is 10.0. The molecule has 3 rings (SSSR count). The van der Waals surface area contributed by atoms with Gasteiger partial charge in [-0.2, -0.15) is 4.68 Å². The van der Waals surface area contributed by atoms with Gasteiger partial charge in [-0.05, 0) is 36.4 Å². The molecule has 1 aromatic heterocycles. The van der Waals surface area contributed by atoms with Gasteiger partial charge < -0.3 is 10.2 Å². The molecule has 0 atom stereocenters. The molecule has 0 unspecified atom stereocenters. The molecule has 1 aromatic carbocycles. The van der Waals surface area contributed by atoms with E-state index in [2.05, 4.69) is 25.7 Å². The van der Waals surface area contributed by atoms with Crippen LogP contribution in [0.2, 0.25) is 0 Å². The SMILES string of the molecule is CC(C)NC(=O)N1CCN(Cc2nnnn2-c2ccccc2)CC1. The van der Waals surface area contributed by atoms with E-state index in [1.807, 2.05) is 49.1 Å². The molecule has 1 fully saturated rings. The van der Waals surface area contributed by atoms with Gasteiger partial charge in [0.25, 0.3) is 0 Å². The van der Waals surface area contributed by atoms with E-state index in [1.165, 1.54) is 0 Å². The highest BCUT2D eigenvalue weighted by atomic mass is 16.2. The molecule has 8 heteroatoms. The fourth-order valence-corrected chi connectivity index (χ4v) is 2.72. The molecule has 2 amide bonds. The third kappa shape index (κ3) is 3.88. The van der Waals surface area contributed by atoms with Gasteiger partial charge >= 0.3 is 6.03 Å². The van der Waals surface area contributed by atoms with E-state index in [1.54, 1.807) is 4.68 Å². The third-order valence-electron chi connectivity index (χ3n) is 3.97. The largest absolute Gasteiger partial charge is 0.336 e. The molecule has 0 bridgehead atoms. The Bertz CT molecular complexity index is 662. The van der Waals surface area contributed by atoms with Crippen molar-refractivity contribution < 1.29 is 4.79 Å². The number of amides is 2. The van der Waals surface area contributed by atoms with Crippen LogP contribution in [0.3, 0.4) is 0 Å². The van der Waals surface area contributed by atoms with Crippen LogP contribution in [0.25, 0.3) is 5.69 Å². The van der Waals surface area contributed by atoms with Crippen LogP contribution in [0.4, 0.5) is 4.79 Å². The lowest BCUT2D eigenvalue weighted by atomic mass is 10.3. The van der Waals surface area contributed by atoms with E-state index in [0.29, 0.717) is 19.6 Å². The first-order chi connectivity index (χ1) is 11.6. The van der Waals surface area contributed by atoms with Crippen molar-refractivity contribution in [2.24, 2.45) is 0 Å². The van der Waals surface area contributed by atoms with Gasteiger partial charge in [-0.3, -0.25) is 4.90 Å². The monoisotopic (exact) mass is 329 g/mol. The Hall–Kier alpha value is -2.48. The minimum atomic E-state index is 0.0127. The maximum atomic E-state index is 12.0. The highest BCUT2D eigenvalue weighted by Gasteiger charge is 2.23. The first-order valence-corrected chi connectivity index (χ1v) is 8.24. The van der Waals surface area contributed by atoms with Gasteiger partial charge in [-0.1, -0.05) is 18.2 Å². The fraction of sp³-hybridized carbons (Fsp3) is 0.500. The fourth-order valence-electron chi connectivity index (χ4n) is 2.72. The van der Waals surface area contributed by atoms with Crippen LogP contribution in [0.15, 0.2) is 30.3 Å². The molecule has 0 saturated carbocycles. The van der Waals surface area contributed by atoms with E-state index in [9.17, 15) is 4.79 Å². The predicted molar refractivity (Wildman–Crippen MR) is 89.7 cm³/mol. The maximum absolute atomic E-state index is 12.0. The summed E-state index contributed by atoms with van der Waals surface area (Å²) in [7, 11) is 0. The topological polar surface area (TPSA) is 79.2 Å². The summed E-state index contributed by atoms with van der Waals surface area (Å²) in [5, 5.41) is 15.0. The van der Waals surface area contributed by atoms with Crippen LogP contribution >= 0.6 is 0 Å². The number of nitrogens with one attached hydrogen (secondary N) is 1. The number of benzene rings is 1. The molecule has 128 valence electrons. The molecule has 0 spiro atoms. The summed E-state index contributed by atoms with van der Waals surface area (Å²) in [6.45, 7) is 7.66. The molecule has 1 aliphatic rings. The van der Waals surface area contributed by atoms with Crippen LogP contribution < -0.4 is 5.32 Å². The molecule has 1 aliphatic heterocycles. The molecule has 24 heavy (non-hydrogen) atoms. The van der Waals surface area contributed by atoms with Crippen molar-refractivity contribution in [3.8, 4) is 5.69 Å². The summed E-state index contributed by atoms with van der Waals surface area (Å²) in [5.74, 6) is 0.807. The number of piperazine rings is 1. The Morgan fingerprint density at radius 1 is 1.17 bits per heavy atom. The molecule has 0 aliphatic carbocycles. The van der Waals surface area contributed by atoms with Gasteiger partial charge in [0, 0.05) is 32.2 Å². The van der Waals surface area contributed by atoms with E-state index in [4.69, 9.17) is 0 Å². The molecule has 8 nitrogen and oxygen atoms in total. The number of hydrogen-bond donors (Lipinski definition) is 1. The number of carbonyl (C=O) groups excluding carboxylic acids is 1. The Labute approximate surface area is 141 Å². The first kappa shape index (κ1) is 16.4. The third-order valence-corrected chi connectivity index (χ3v) is 3.97. The van der Waals surface area contributed by atoms with Gasteiger partial charge in [0.05, 0.1) is 12.2 Å². The normalized spacial score (nSPS) is 15.7. The zero-order chi connectivity index (χ0) is 16.9. The summed E-state index contributed by atoms with van der Waals surface area (Å²) < 4.78 is 1.76. The zero-order valence-corrected chi connectivity index (χ0v) is 14.1. The molecule has 0 radical (unpaired) electrons. The highest BCUT2D eigenvalue weighted by Crippen LogP contribution is 2.11. The second kappa shape index (κ2) is 7.39. The molecule has 1 saturated heterocycles. The van der Waals surface area contributed by atoms with E-state index >= 15 is 0 Å². The summed E-state index contributed by atoms with van der Waals surface area (Å²) in [5.41, 5.74) is 0.951. The van der Waals surface area contributed by atoms with Gasteiger partial charge in [-0.25, -0.2) is 4.79 Å². The van der Waals surface area contributed by atoms with Crippen LogP contribution in [-0.4, -0.2) is 68.3 Å². The number of aromatic nitrogens is 4. The van der Waals surface area contributed by atoms with Crippen molar-refractivity contribution in [3.63, 3.8) is 0 Å². The second-order valence-electron chi connectivity index (χ2n) is 6.21. The van der Waals surface area contributed by atoms with E-state index < -0.39 is 0 Å². The van der Waals surface area contributed by atoms with Gasteiger partial charge in [0.1, 0.15) is 0 Å². The predicted octanol–water partition coefficient (Wildman–Crippen LogP) is 0.898. The minimum Gasteiger partial charge on any atom is -0.336 e. The number of hydrogen-bond acceptors (Lipinski definition) is 5. The summed E-state index contributed by atoms with van der Waals surface area (Å²) in [6.07, 6.45) is 0. The van der Waals surface area contributed by atoms with E-state index in [-0.39, 0.29) is 12.1 Å². The number of carbonyl (C=O) groups is 1. The van der Waals surface area contributed by atoms with Crippen molar-refractivity contribution in [2.45, 2.75) is 26.4 Å². The highest BCUT2D eigenvalue weighted by molar-refractivity contribution is 5.74. The number of tetrazole rings is 1. The lowest BCUT2D eigenvalue weighted by Gasteiger charge is -2.34. The summed E-state index contributed by atoms with van der Waals surface area (Å²) >= 11 is 0. The second-order valence-corrected chi connectivity index (χ2v) is 6.21. The van der Waals surface area contributed by atoms with Gasteiger partial charge in [0.15, 0.2) is 5.82 Å². The minimum absolute atomic E-state index is 0.0127. The standard InChI is InChI=1S/C16H23N7O/c1-13(2)17-16(24)22-10-8-21(9-11-22)12-15-18-19-20-23(15)14-6-4-3-5-7-14/h3-7,13H,8-12H2,1-2H3,(H,17,24). The van der Waals surface area contributed by atoms with E-state index in [0.717, 1.165) is 24.6 Å². The molecule has 2 aromatic rings.